The molecule has 7 nitrogen and oxygen atoms in total. The number of nitriles is 1. The molecule has 0 aliphatic heterocycles. The molecule has 2 rings (SSSR count). The summed E-state index contributed by atoms with van der Waals surface area (Å²) in [6.45, 7) is 2.43. The molecule has 0 aliphatic rings. The number of pyridine rings is 1. The summed E-state index contributed by atoms with van der Waals surface area (Å²) in [5, 5.41) is 10.5. The Kier molecular flexibility index (Phi) is 5.36. The molecule has 0 fully saturated rings. The van der Waals surface area contributed by atoms with E-state index in [1.807, 2.05) is 26.1 Å². The van der Waals surface area contributed by atoms with Crippen molar-refractivity contribution in [3.05, 3.63) is 48.2 Å². The Morgan fingerprint density at radius 1 is 1.39 bits per heavy atom. The van der Waals surface area contributed by atoms with Crippen molar-refractivity contribution in [1.82, 2.24) is 10.4 Å². The lowest BCUT2D eigenvalue weighted by atomic mass is 10.2. The van der Waals surface area contributed by atoms with Crippen LogP contribution >= 0.6 is 0 Å². The predicted molar refractivity (Wildman–Crippen MR) is 89.4 cm³/mol. The number of aliphatic imine (C=N–C) groups is 1. The Labute approximate surface area is 135 Å². The van der Waals surface area contributed by atoms with Crippen LogP contribution in [0.1, 0.15) is 12.5 Å². The molecule has 0 amide bonds. The van der Waals surface area contributed by atoms with Crippen LogP contribution in [0.5, 0.6) is 5.88 Å². The third-order valence-corrected chi connectivity index (χ3v) is 2.93. The van der Waals surface area contributed by atoms with Crippen LogP contribution in [0.25, 0.3) is 0 Å². The fourth-order valence-corrected chi connectivity index (χ4v) is 1.86. The van der Waals surface area contributed by atoms with Gasteiger partial charge in [0.05, 0.1) is 29.6 Å². The van der Waals surface area contributed by atoms with E-state index < -0.39 is 0 Å². The fourth-order valence-electron chi connectivity index (χ4n) is 1.86. The van der Waals surface area contributed by atoms with Crippen molar-refractivity contribution in [2.75, 3.05) is 18.7 Å². The number of hydrogen-bond donors (Lipinski definition) is 2. The van der Waals surface area contributed by atoms with Crippen molar-refractivity contribution in [2.24, 2.45) is 10.7 Å². The molecule has 0 spiro atoms. The normalized spacial score (nSPS) is 10.7. The maximum atomic E-state index is 8.80. The van der Waals surface area contributed by atoms with E-state index in [0.717, 1.165) is 5.69 Å². The first-order valence-electron chi connectivity index (χ1n) is 7.06. The van der Waals surface area contributed by atoms with Crippen LogP contribution < -0.4 is 20.9 Å². The van der Waals surface area contributed by atoms with Crippen molar-refractivity contribution in [3.63, 3.8) is 0 Å². The minimum absolute atomic E-state index is 0.227. The van der Waals surface area contributed by atoms with Gasteiger partial charge in [-0.2, -0.15) is 5.26 Å². The number of aromatic nitrogens is 1. The van der Waals surface area contributed by atoms with Gasteiger partial charge in [0.1, 0.15) is 0 Å². The summed E-state index contributed by atoms with van der Waals surface area (Å²) in [7, 11) is 1.81. The van der Waals surface area contributed by atoms with Gasteiger partial charge >= 0.3 is 0 Å². The summed E-state index contributed by atoms with van der Waals surface area (Å²) < 4.78 is 5.32. The van der Waals surface area contributed by atoms with Gasteiger partial charge in [0.15, 0.2) is 0 Å². The van der Waals surface area contributed by atoms with Crippen LogP contribution in [0.3, 0.4) is 0 Å². The lowest BCUT2D eigenvalue weighted by Crippen LogP contribution is -2.43. The van der Waals surface area contributed by atoms with Crippen molar-refractivity contribution < 1.29 is 4.74 Å². The third-order valence-electron chi connectivity index (χ3n) is 2.93. The molecule has 1 heterocycles. The number of hydrogen-bond acceptors (Lipinski definition) is 5. The lowest BCUT2D eigenvalue weighted by Gasteiger charge is -2.20. The van der Waals surface area contributed by atoms with Crippen LogP contribution in [0, 0.1) is 11.3 Å². The first-order chi connectivity index (χ1) is 11.1. The summed E-state index contributed by atoms with van der Waals surface area (Å²) in [5.41, 5.74) is 11.0. The zero-order valence-electron chi connectivity index (χ0n) is 13.0. The summed E-state index contributed by atoms with van der Waals surface area (Å²) in [6.07, 6.45) is 1.61. The second kappa shape index (κ2) is 7.66. The highest BCUT2D eigenvalue weighted by atomic mass is 16.5. The van der Waals surface area contributed by atoms with Gasteiger partial charge in [-0.15, -0.1) is 0 Å². The first-order valence-corrected chi connectivity index (χ1v) is 7.06. The summed E-state index contributed by atoms with van der Waals surface area (Å²) >= 11 is 0. The standard InChI is InChI=1S/C16H18N6O/c1-3-23-15-10-13(8-9-19-15)20-16(18)21-22(2)14-6-4-12(11-17)5-7-14/h4-10H,3H2,1-2H3,(H3,18,19,20,21). The number of benzene rings is 1. The van der Waals surface area contributed by atoms with Crippen LogP contribution in [0.4, 0.5) is 11.4 Å². The number of rotatable bonds is 5. The van der Waals surface area contributed by atoms with E-state index in [4.69, 9.17) is 15.7 Å². The minimum Gasteiger partial charge on any atom is -0.478 e. The lowest BCUT2D eigenvalue weighted by molar-refractivity contribution is 0.327. The zero-order chi connectivity index (χ0) is 16.7. The molecule has 0 bridgehead atoms. The Bertz CT molecular complexity index is 720. The second-order valence-corrected chi connectivity index (χ2v) is 4.61. The summed E-state index contributed by atoms with van der Waals surface area (Å²) in [5.74, 6) is 0.729. The molecule has 0 unspecified atom stereocenters. The first kappa shape index (κ1) is 16.1. The van der Waals surface area contributed by atoms with Gasteiger partial charge in [0, 0.05) is 19.3 Å². The Balaban J connectivity index is 2.06. The highest BCUT2D eigenvalue weighted by Crippen LogP contribution is 2.17. The number of nitrogens with zero attached hydrogens (tertiary/aromatic N) is 4. The van der Waals surface area contributed by atoms with E-state index in [2.05, 4.69) is 21.5 Å². The van der Waals surface area contributed by atoms with Gasteiger partial charge in [-0.1, -0.05) is 0 Å². The molecule has 0 saturated heterocycles. The largest absolute Gasteiger partial charge is 0.478 e. The SMILES string of the molecule is CCOc1cc(N=C(N)NN(C)c2ccc(C#N)cc2)ccn1. The zero-order valence-corrected chi connectivity index (χ0v) is 13.0. The average molecular weight is 310 g/mol. The van der Waals surface area contributed by atoms with E-state index >= 15 is 0 Å². The molecule has 0 aliphatic carbocycles. The number of hydrazine groups is 1. The maximum absolute atomic E-state index is 8.80. The number of nitrogens with two attached hydrogens (primary N) is 1. The molecule has 0 saturated carbocycles. The van der Waals surface area contributed by atoms with E-state index in [1.54, 1.807) is 35.5 Å². The van der Waals surface area contributed by atoms with E-state index in [1.165, 1.54) is 0 Å². The number of ether oxygens (including phenoxy) is 1. The number of anilines is 1. The van der Waals surface area contributed by atoms with Crippen LogP contribution in [0.2, 0.25) is 0 Å². The quantitative estimate of drug-likeness (QED) is 0.497. The van der Waals surface area contributed by atoms with Crippen LogP contribution in [-0.4, -0.2) is 24.6 Å². The molecule has 3 N–H and O–H groups in total. The molecular weight excluding hydrogens is 292 g/mol. The number of guanidine groups is 1. The Morgan fingerprint density at radius 3 is 2.78 bits per heavy atom. The fraction of sp³-hybridized carbons (Fsp3) is 0.188. The third kappa shape index (κ3) is 4.61. The molecule has 118 valence electrons. The van der Waals surface area contributed by atoms with Crippen LogP contribution in [0.15, 0.2) is 47.6 Å². The van der Waals surface area contributed by atoms with Crippen molar-refractivity contribution >= 4 is 17.3 Å². The smallest absolute Gasteiger partial charge is 0.215 e. The summed E-state index contributed by atoms with van der Waals surface area (Å²) in [6, 6.07) is 12.6. The van der Waals surface area contributed by atoms with E-state index in [-0.39, 0.29) is 5.96 Å². The Hall–Kier alpha value is -3.27. The van der Waals surface area contributed by atoms with Gasteiger partial charge in [0.2, 0.25) is 11.8 Å². The van der Waals surface area contributed by atoms with Crippen molar-refractivity contribution in [1.29, 1.82) is 5.26 Å². The molecule has 2 aromatic rings. The van der Waals surface area contributed by atoms with Crippen molar-refractivity contribution in [2.45, 2.75) is 6.92 Å². The van der Waals surface area contributed by atoms with E-state index in [0.29, 0.717) is 23.7 Å². The summed E-state index contributed by atoms with van der Waals surface area (Å²) in [4.78, 5) is 8.34. The predicted octanol–water partition coefficient (Wildman–Crippen LogP) is 1.94. The maximum Gasteiger partial charge on any atom is 0.215 e. The van der Waals surface area contributed by atoms with Crippen molar-refractivity contribution in [3.8, 4) is 11.9 Å². The molecule has 23 heavy (non-hydrogen) atoms. The molecule has 0 atom stereocenters. The highest BCUT2D eigenvalue weighted by Gasteiger charge is 2.03. The van der Waals surface area contributed by atoms with Gasteiger partial charge < -0.3 is 10.5 Å². The molecular formula is C16H18N6O. The van der Waals surface area contributed by atoms with Gasteiger partial charge in [-0.05, 0) is 37.3 Å². The second-order valence-electron chi connectivity index (χ2n) is 4.61. The molecule has 0 radical (unpaired) electrons. The Morgan fingerprint density at radius 2 is 2.13 bits per heavy atom. The number of nitrogens with one attached hydrogen (secondary N) is 1. The molecule has 7 heteroatoms. The minimum atomic E-state index is 0.227. The van der Waals surface area contributed by atoms with E-state index in [9.17, 15) is 0 Å². The van der Waals surface area contributed by atoms with Crippen LogP contribution in [-0.2, 0) is 0 Å². The monoisotopic (exact) mass is 310 g/mol. The van der Waals surface area contributed by atoms with Gasteiger partial charge in [0.25, 0.3) is 0 Å². The molecule has 1 aromatic heterocycles. The highest BCUT2D eigenvalue weighted by molar-refractivity contribution is 5.82. The average Bonchev–Trinajstić information content (AvgIpc) is 2.55. The van der Waals surface area contributed by atoms with Gasteiger partial charge in [-0.3, -0.25) is 10.4 Å². The van der Waals surface area contributed by atoms with Gasteiger partial charge in [-0.25, -0.2) is 9.98 Å². The molecule has 1 aromatic carbocycles. The topological polar surface area (TPSA) is 99.6 Å².